The van der Waals surface area contributed by atoms with Crippen molar-refractivity contribution in [2.75, 3.05) is 6.61 Å². The van der Waals surface area contributed by atoms with Crippen molar-refractivity contribution in [2.24, 2.45) is 5.92 Å². The summed E-state index contributed by atoms with van der Waals surface area (Å²) in [4.78, 5) is 12.0. The minimum atomic E-state index is -0.379. The molecule has 0 N–H and O–H groups in total. The first-order valence-corrected chi connectivity index (χ1v) is 14.1. The summed E-state index contributed by atoms with van der Waals surface area (Å²) in [5, 5.41) is 0. The maximum absolute atomic E-state index is 12.0. The Morgan fingerprint density at radius 3 is 1.62 bits per heavy atom. The predicted molar refractivity (Wildman–Crippen MR) is 137 cm³/mol. The van der Waals surface area contributed by atoms with Crippen molar-refractivity contribution in [1.29, 1.82) is 0 Å². The molecule has 0 heterocycles. The SMILES string of the molecule is C=C(C)C(=O)OC(OCCCCCCCCCCCCCCCCCC)C1CCCCC1. The molecule has 0 aromatic rings. The molecule has 1 saturated carbocycles. The molecule has 0 radical (unpaired) electrons. The number of hydrogen-bond donors (Lipinski definition) is 0. The Balaban J connectivity index is 1.94. The first kappa shape index (κ1) is 29.2. The third-order valence-electron chi connectivity index (χ3n) is 6.89. The molecule has 0 amide bonds. The van der Waals surface area contributed by atoms with Crippen molar-refractivity contribution < 1.29 is 14.3 Å². The first-order chi connectivity index (χ1) is 15.6. The maximum Gasteiger partial charge on any atom is 0.335 e. The highest BCUT2D eigenvalue weighted by Crippen LogP contribution is 2.29. The second kappa shape index (κ2) is 20.8. The van der Waals surface area contributed by atoms with E-state index >= 15 is 0 Å². The van der Waals surface area contributed by atoms with Crippen LogP contribution in [0, 0.1) is 5.92 Å². The van der Waals surface area contributed by atoms with Gasteiger partial charge in [-0.05, 0) is 26.2 Å². The van der Waals surface area contributed by atoms with Crippen LogP contribution in [-0.4, -0.2) is 18.9 Å². The van der Waals surface area contributed by atoms with Crippen LogP contribution in [0.15, 0.2) is 12.2 Å². The predicted octanol–water partition coefficient (Wildman–Crippen LogP) is 9.29. The fraction of sp³-hybridized carbons (Fsp3) is 0.897. The monoisotopic (exact) mass is 450 g/mol. The molecule has 188 valence electrons. The van der Waals surface area contributed by atoms with E-state index in [1.807, 2.05) is 0 Å². The quantitative estimate of drug-likeness (QED) is 0.0756. The van der Waals surface area contributed by atoms with Crippen LogP contribution >= 0.6 is 0 Å². The topological polar surface area (TPSA) is 35.5 Å². The first-order valence-electron chi connectivity index (χ1n) is 14.1. The van der Waals surface area contributed by atoms with Gasteiger partial charge in [0.2, 0.25) is 6.29 Å². The number of unbranched alkanes of at least 4 members (excludes halogenated alkanes) is 15. The fourth-order valence-corrected chi connectivity index (χ4v) is 4.73. The highest BCUT2D eigenvalue weighted by Gasteiger charge is 2.27. The fourth-order valence-electron chi connectivity index (χ4n) is 4.73. The zero-order valence-corrected chi connectivity index (χ0v) is 21.6. The van der Waals surface area contributed by atoms with Crippen LogP contribution in [0.25, 0.3) is 0 Å². The molecule has 1 atom stereocenters. The van der Waals surface area contributed by atoms with Crippen molar-refractivity contribution in [1.82, 2.24) is 0 Å². The summed E-state index contributed by atoms with van der Waals surface area (Å²) in [6.45, 7) is 8.39. The maximum atomic E-state index is 12.0. The van der Waals surface area contributed by atoms with Gasteiger partial charge in [-0.3, -0.25) is 0 Å². The van der Waals surface area contributed by atoms with Crippen molar-refractivity contribution in [2.45, 2.75) is 155 Å². The van der Waals surface area contributed by atoms with Crippen LogP contribution in [0.5, 0.6) is 0 Å². The summed E-state index contributed by atoms with van der Waals surface area (Å²) < 4.78 is 11.7. The summed E-state index contributed by atoms with van der Waals surface area (Å²) in [5.74, 6) is 0.0423. The lowest BCUT2D eigenvalue weighted by atomic mass is 9.89. The van der Waals surface area contributed by atoms with Crippen molar-refractivity contribution >= 4 is 5.97 Å². The molecule has 0 aliphatic heterocycles. The average Bonchev–Trinajstić information content (AvgIpc) is 2.80. The Labute approximate surface area is 200 Å². The van der Waals surface area contributed by atoms with Gasteiger partial charge in [-0.25, -0.2) is 4.79 Å². The second-order valence-corrected chi connectivity index (χ2v) is 10.1. The number of rotatable bonds is 21. The van der Waals surface area contributed by atoms with E-state index in [0.29, 0.717) is 18.1 Å². The van der Waals surface area contributed by atoms with Crippen LogP contribution < -0.4 is 0 Å². The lowest BCUT2D eigenvalue weighted by Gasteiger charge is -2.29. The summed E-state index contributed by atoms with van der Waals surface area (Å²) in [6, 6.07) is 0. The average molecular weight is 451 g/mol. The lowest BCUT2D eigenvalue weighted by molar-refractivity contribution is -0.190. The normalized spacial score (nSPS) is 15.6. The van der Waals surface area contributed by atoms with Crippen LogP contribution in [0.1, 0.15) is 149 Å². The smallest absolute Gasteiger partial charge is 0.335 e. The van der Waals surface area contributed by atoms with Gasteiger partial charge >= 0.3 is 5.97 Å². The minimum absolute atomic E-state index is 0.312. The molecule has 0 aromatic carbocycles. The summed E-state index contributed by atoms with van der Waals surface area (Å²) >= 11 is 0. The van der Waals surface area contributed by atoms with Gasteiger partial charge in [0.25, 0.3) is 0 Å². The van der Waals surface area contributed by atoms with E-state index in [1.165, 1.54) is 116 Å². The minimum Gasteiger partial charge on any atom is -0.432 e. The molecule has 3 heteroatoms. The van der Waals surface area contributed by atoms with Crippen molar-refractivity contribution in [3.63, 3.8) is 0 Å². The van der Waals surface area contributed by atoms with Gasteiger partial charge in [-0.2, -0.15) is 0 Å². The zero-order valence-electron chi connectivity index (χ0n) is 21.6. The molecule has 1 aliphatic rings. The highest BCUT2D eigenvalue weighted by atomic mass is 16.7. The number of carbonyl (C=O) groups excluding carboxylic acids is 1. The van der Waals surface area contributed by atoms with E-state index in [9.17, 15) is 4.79 Å². The molecule has 0 bridgehead atoms. The van der Waals surface area contributed by atoms with Gasteiger partial charge in [-0.15, -0.1) is 0 Å². The van der Waals surface area contributed by atoms with Gasteiger partial charge in [0.1, 0.15) is 0 Å². The number of esters is 1. The van der Waals surface area contributed by atoms with Crippen molar-refractivity contribution in [3.8, 4) is 0 Å². The van der Waals surface area contributed by atoms with E-state index in [2.05, 4.69) is 13.5 Å². The third-order valence-corrected chi connectivity index (χ3v) is 6.89. The van der Waals surface area contributed by atoms with E-state index < -0.39 is 0 Å². The summed E-state index contributed by atoms with van der Waals surface area (Å²) in [7, 11) is 0. The molecule has 1 aliphatic carbocycles. The Morgan fingerprint density at radius 1 is 0.750 bits per heavy atom. The lowest BCUT2D eigenvalue weighted by Crippen LogP contribution is -2.31. The molecular weight excluding hydrogens is 396 g/mol. The molecule has 1 fully saturated rings. The van der Waals surface area contributed by atoms with E-state index in [-0.39, 0.29) is 12.3 Å². The zero-order chi connectivity index (χ0) is 23.3. The van der Waals surface area contributed by atoms with Crippen LogP contribution in [-0.2, 0) is 14.3 Å². The molecule has 0 aromatic heterocycles. The Kier molecular flexibility index (Phi) is 18.9. The summed E-state index contributed by atoms with van der Waals surface area (Å²) in [5.41, 5.74) is 0.455. The van der Waals surface area contributed by atoms with Crippen LogP contribution in [0.4, 0.5) is 0 Å². The van der Waals surface area contributed by atoms with Gasteiger partial charge in [-0.1, -0.05) is 129 Å². The molecule has 3 nitrogen and oxygen atoms in total. The number of carbonyl (C=O) groups is 1. The largest absolute Gasteiger partial charge is 0.432 e. The third kappa shape index (κ3) is 15.9. The van der Waals surface area contributed by atoms with Crippen LogP contribution in [0.2, 0.25) is 0 Å². The Bertz CT molecular complexity index is 453. The standard InChI is InChI=1S/C29H54O3/c1-4-5-6-7-8-9-10-11-12-13-14-15-16-17-18-22-25-31-29(32-28(30)26(2)3)27-23-20-19-21-24-27/h27,29H,2,4-25H2,1,3H3. The van der Waals surface area contributed by atoms with Gasteiger partial charge in [0, 0.05) is 11.5 Å². The number of hydrogen-bond acceptors (Lipinski definition) is 3. The van der Waals surface area contributed by atoms with Crippen molar-refractivity contribution in [3.05, 3.63) is 12.2 Å². The van der Waals surface area contributed by atoms with E-state index in [0.717, 1.165) is 19.3 Å². The Hall–Kier alpha value is -0.830. The van der Waals surface area contributed by atoms with E-state index in [1.54, 1.807) is 6.92 Å². The molecule has 0 saturated heterocycles. The van der Waals surface area contributed by atoms with Gasteiger partial charge in [0.05, 0.1) is 6.61 Å². The van der Waals surface area contributed by atoms with Gasteiger partial charge < -0.3 is 9.47 Å². The van der Waals surface area contributed by atoms with Gasteiger partial charge in [0.15, 0.2) is 0 Å². The van der Waals surface area contributed by atoms with Crippen LogP contribution in [0.3, 0.4) is 0 Å². The van der Waals surface area contributed by atoms with E-state index in [4.69, 9.17) is 9.47 Å². The molecule has 1 rings (SSSR count). The highest BCUT2D eigenvalue weighted by molar-refractivity contribution is 5.87. The summed E-state index contributed by atoms with van der Waals surface area (Å²) in [6.07, 6.45) is 27.5. The Morgan fingerprint density at radius 2 is 1.19 bits per heavy atom. The molecular formula is C29H54O3. The molecule has 0 spiro atoms. The molecule has 1 unspecified atom stereocenters. The second-order valence-electron chi connectivity index (χ2n) is 10.1. The number of ether oxygens (including phenoxy) is 2. The molecule has 32 heavy (non-hydrogen) atoms.